The quantitative estimate of drug-likeness (QED) is 0.582. The third-order valence-electron chi connectivity index (χ3n) is 6.06. The first-order chi connectivity index (χ1) is 11.0. The Morgan fingerprint density at radius 3 is 2.30 bits per heavy atom. The van der Waals surface area contributed by atoms with Crippen LogP contribution in [0.3, 0.4) is 0 Å². The predicted octanol–water partition coefficient (Wildman–Crippen LogP) is 6.27. The van der Waals surface area contributed by atoms with Crippen molar-refractivity contribution < 1.29 is 0 Å². The van der Waals surface area contributed by atoms with Crippen molar-refractivity contribution in [2.45, 2.75) is 95.8 Å². The van der Waals surface area contributed by atoms with Crippen LogP contribution in [-0.2, 0) is 0 Å². The van der Waals surface area contributed by atoms with Crippen molar-refractivity contribution in [3.8, 4) is 0 Å². The number of aromatic nitrogens is 1. The summed E-state index contributed by atoms with van der Waals surface area (Å²) in [4.78, 5) is 4.80. The van der Waals surface area contributed by atoms with Crippen molar-refractivity contribution in [2.75, 3.05) is 0 Å². The van der Waals surface area contributed by atoms with E-state index >= 15 is 0 Å². The first-order valence-corrected chi connectivity index (χ1v) is 11.1. The lowest BCUT2D eigenvalue weighted by Gasteiger charge is -2.46. The van der Waals surface area contributed by atoms with Gasteiger partial charge in [-0.15, -0.1) is 0 Å². The SMILES string of the molecule is CC(C)(C)P(c1ccccn1)C1CCCC2(CCCCCC2)C1. The fraction of sp³-hybridized carbons (Fsp3) is 0.762. The van der Waals surface area contributed by atoms with Gasteiger partial charge in [-0.2, -0.15) is 0 Å². The maximum atomic E-state index is 4.80. The van der Waals surface area contributed by atoms with Crippen molar-refractivity contribution in [3.63, 3.8) is 0 Å². The molecule has 23 heavy (non-hydrogen) atoms. The van der Waals surface area contributed by atoms with Crippen LogP contribution in [0.5, 0.6) is 0 Å². The molecule has 128 valence electrons. The Morgan fingerprint density at radius 2 is 1.70 bits per heavy atom. The molecule has 2 saturated carbocycles. The maximum Gasteiger partial charge on any atom is 0.0638 e. The molecular weight excluding hydrogens is 297 g/mol. The molecule has 0 saturated heterocycles. The van der Waals surface area contributed by atoms with Gasteiger partial charge < -0.3 is 0 Å². The molecule has 0 amide bonds. The Balaban J connectivity index is 1.84. The maximum absolute atomic E-state index is 4.80. The second-order valence-corrected chi connectivity index (χ2v) is 12.2. The smallest absolute Gasteiger partial charge is 0.0638 e. The second kappa shape index (κ2) is 7.22. The second-order valence-electron chi connectivity index (χ2n) is 8.89. The fourth-order valence-corrected chi connectivity index (χ4v) is 8.75. The summed E-state index contributed by atoms with van der Waals surface area (Å²) in [7, 11) is -0.186. The number of nitrogens with zero attached hydrogens (tertiary/aromatic N) is 1. The van der Waals surface area contributed by atoms with Crippen LogP contribution in [0.1, 0.15) is 85.0 Å². The summed E-state index contributed by atoms with van der Waals surface area (Å²) in [5, 5.41) is 0.359. The van der Waals surface area contributed by atoms with Gasteiger partial charge in [0, 0.05) is 6.20 Å². The molecule has 1 heterocycles. The van der Waals surface area contributed by atoms with Crippen molar-refractivity contribution in [2.24, 2.45) is 5.41 Å². The van der Waals surface area contributed by atoms with Crippen LogP contribution in [0.4, 0.5) is 0 Å². The molecule has 2 fully saturated rings. The van der Waals surface area contributed by atoms with Crippen molar-refractivity contribution in [1.82, 2.24) is 4.98 Å². The van der Waals surface area contributed by atoms with E-state index in [0.29, 0.717) is 10.6 Å². The van der Waals surface area contributed by atoms with Gasteiger partial charge in [0.1, 0.15) is 0 Å². The highest BCUT2D eigenvalue weighted by molar-refractivity contribution is 7.67. The van der Waals surface area contributed by atoms with Crippen LogP contribution in [0.25, 0.3) is 0 Å². The number of hydrogen-bond donors (Lipinski definition) is 0. The largest absolute Gasteiger partial charge is 0.257 e. The highest BCUT2D eigenvalue weighted by Gasteiger charge is 2.42. The molecule has 0 radical (unpaired) electrons. The normalized spacial score (nSPS) is 26.7. The van der Waals surface area contributed by atoms with Gasteiger partial charge in [0.05, 0.1) is 5.44 Å². The molecule has 2 atom stereocenters. The Morgan fingerprint density at radius 1 is 1.00 bits per heavy atom. The molecule has 0 N–H and O–H groups in total. The third-order valence-corrected chi connectivity index (χ3v) is 9.44. The Labute approximate surface area is 144 Å². The average molecular weight is 331 g/mol. The summed E-state index contributed by atoms with van der Waals surface area (Å²) in [6.07, 6.45) is 16.8. The topological polar surface area (TPSA) is 12.9 Å². The molecule has 0 bridgehead atoms. The summed E-state index contributed by atoms with van der Waals surface area (Å²) in [6.45, 7) is 7.34. The zero-order valence-electron chi connectivity index (χ0n) is 15.4. The molecule has 0 aliphatic heterocycles. The minimum atomic E-state index is -0.186. The molecule has 2 unspecified atom stereocenters. The summed E-state index contributed by atoms with van der Waals surface area (Å²) in [5.41, 5.74) is 2.96. The van der Waals surface area contributed by atoms with E-state index in [0.717, 1.165) is 5.66 Å². The summed E-state index contributed by atoms with van der Waals surface area (Å²) in [6, 6.07) is 6.55. The summed E-state index contributed by atoms with van der Waals surface area (Å²) < 4.78 is 0. The van der Waals surface area contributed by atoms with E-state index in [2.05, 4.69) is 39.0 Å². The van der Waals surface area contributed by atoms with Crippen LogP contribution in [0.15, 0.2) is 24.4 Å². The monoisotopic (exact) mass is 331 g/mol. The van der Waals surface area contributed by atoms with Crippen molar-refractivity contribution in [3.05, 3.63) is 24.4 Å². The van der Waals surface area contributed by atoms with Gasteiger partial charge in [0.2, 0.25) is 0 Å². The standard InChI is InChI=1S/C21H34NP/c1-20(2,3)23(19-12-6-9-16-22-19)18-11-10-15-21(17-18)13-7-4-5-8-14-21/h6,9,12,16,18H,4-5,7-8,10-11,13-15,17H2,1-3H3. The van der Waals surface area contributed by atoms with Gasteiger partial charge >= 0.3 is 0 Å². The van der Waals surface area contributed by atoms with Crippen molar-refractivity contribution >= 4 is 13.4 Å². The van der Waals surface area contributed by atoms with E-state index in [1.165, 1.54) is 69.6 Å². The third kappa shape index (κ3) is 4.16. The number of pyridine rings is 1. The molecule has 0 aromatic carbocycles. The first-order valence-electron chi connectivity index (χ1n) is 9.71. The fourth-order valence-electron chi connectivity index (χ4n) is 5.14. The minimum absolute atomic E-state index is 0.186. The Kier molecular flexibility index (Phi) is 5.46. The van der Waals surface area contributed by atoms with E-state index in [9.17, 15) is 0 Å². The Bertz CT molecular complexity index is 482. The van der Waals surface area contributed by atoms with Crippen LogP contribution in [0, 0.1) is 5.41 Å². The number of hydrogen-bond acceptors (Lipinski definition) is 1. The van der Waals surface area contributed by atoms with Gasteiger partial charge in [-0.05, 0) is 68.4 Å². The minimum Gasteiger partial charge on any atom is -0.257 e. The number of rotatable bonds is 2. The van der Waals surface area contributed by atoms with Gasteiger partial charge in [-0.25, -0.2) is 0 Å². The van der Waals surface area contributed by atoms with E-state index in [4.69, 9.17) is 4.98 Å². The van der Waals surface area contributed by atoms with E-state index < -0.39 is 0 Å². The molecule has 1 nitrogen and oxygen atoms in total. The van der Waals surface area contributed by atoms with E-state index in [-0.39, 0.29) is 7.92 Å². The highest BCUT2D eigenvalue weighted by atomic mass is 31.1. The van der Waals surface area contributed by atoms with Crippen LogP contribution in [0.2, 0.25) is 0 Å². The molecule has 3 rings (SSSR count). The lowest BCUT2D eigenvalue weighted by atomic mass is 9.69. The van der Waals surface area contributed by atoms with Gasteiger partial charge in [-0.1, -0.05) is 58.9 Å². The van der Waals surface area contributed by atoms with Crippen LogP contribution < -0.4 is 5.44 Å². The summed E-state index contributed by atoms with van der Waals surface area (Å²) >= 11 is 0. The predicted molar refractivity (Wildman–Crippen MR) is 103 cm³/mol. The van der Waals surface area contributed by atoms with Gasteiger partial charge in [-0.3, -0.25) is 4.98 Å². The molecular formula is C21H34NP. The molecule has 1 aromatic heterocycles. The lowest BCUT2D eigenvalue weighted by molar-refractivity contribution is 0.163. The molecule has 2 heteroatoms. The van der Waals surface area contributed by atoms with E-state index in [1.54, 1.807) is 0 Å². The zero-order valence-corrected chi connectivity index (χ0v) is 16.2. The van der Waals surface area contributed by atoms with E-state index in [1.807, 2.05) is 6.20 Å². The van der Waals surface area contributed by atoms with Gasteiger partial charge in [0.25, 0.3) is 0 Å². The molecule has 2 aliphatic carbocycles. The van der Waals surface area contributed by atoms with Crippen LogP contribution >= 0.6 is 7.92 Å². The molecule has 1 spiro atoms. The van der Waals surface area contributed by atoms with Gasteiger partial charge in [0.15, 0.2) is 0 Å². The highest BCUT2D eigenvalue weighted by Crippen LogP contribution is 2.60. The molecule has 1 aromatic rings. The van der Waals surface area contributed by atoms with Crippen molar-refractivity contribution in [1.29, 1.82) is 0 Å². The summed E-state index contributed by atoms with van der Waals surface area (Å²) in [5.74, 6) is 0. The Hall–Kier alpha value is -0.420. The van der Waals surface area contributed by atoms with Crippen LogP contribution in [-0.4, -0.2) is 15.8 Å². The zero-order chi connectivity index (χ0) is 16.3. The average Bonchev–Trinajstić information content (AvgIpc) is 2.73. The first kappa shape index (κ1) is 17.4. The molecule has 2 aliphatic rings. The lowest BCUT2D eigenvalue weighted by Crippen LogP contribution is -2.36.